The first-order valence-electron chi connectivity index (χ1n) is 12.0. The highest BCUT2D eigenvalue weighted by Crippen LogP contribution is 2.35. The van der Waals surface area contributed by atoms with Gasteiger partial charge in [0.2, 0.25) is 5.88 Å². The Morgan fingerprint density at radius 1 is 0.949 bits per heavy atom. The highest BCUT2D eigenvalue weighted by molar-refractivity contribution is 6.35. The first kappa shape index (κ1) is 28.0. The van der Waals surface area contributed by atoms with Gasteiger partial charge in [-0.3, -0.25) is 0 Å². The maximum absolute atomic E-state index is 13.2. The van der Waals surface area contributed by atoms with Crippen molar-refractivity contribution >= 4 is 34.9 Å². The Bertz CT molecular complexity index is 1410. The molecule has 4 rings (SSSR count). The number of halogens is 2. The lowest BCUT2D eigenvalue weighted by atomic mass is 10.0. The number of methoxy groups -OCH3 is 3. The van der Waals surface area contributed by atoms with E-state index in [4.69, 9.17) is 42.1 Å². The molecule has 202 valence electrons. The molecule has 0 unspecified atom stereocenters. The van der Waals surface area contributed by atoms with E-state index in [2.05, 4.69) is 15.3 Å². The van der Waals surface area contributed by atoms with Crippen LogP contribution in [-0.2, 0) is 17.7 Å². The predicted molar refractivity (Wildman–Crippen MR) is 149 cm³/mol. The lowest BCUT2D eigenvalue weighted by molar-refractivity contribution is -0.377. The van der Waals surface area contributed by atoms with Gasteiger partial charge in [-0.1, -0.05) is 41.4 Å². The number of carbonyl (C=O) groups is 1. The number of carbonyl (C=O) groups excluding carboxylic acids is 1. The Hall–Kier alpha value is -4.01. The number of nitrogens with one attached hydrogen (secondary N) is 2. The highest BCUT2D eigenvalue weighted by atomic mass is 35.5. The van der Waals surface area contributed by atoms with Gasteiger partial charge in [-0.2, -0.15) is 0 Å². The molecule has 0 fully saturated rings. The van der Waals surface area contributed by atoms with Crippen LogP contribution in [-0.4, -0.2) is 32.3 Å². The molecule has 0 aliphatic rings. The van der Waals surface area contributed by atoms with E-state index in [1.54, 1.807) is 64.2 Å². The Morgan fingerprint density at radius 3 is 2.33 bits per heavy atom. The van der Waals surface area contributed by atoms with Crippen LogP contribution in [0.4, 0.5) is 5.69 Å². The highest BCUT2D eigenvalue weighted by Gasteiger charge is 2.24. The molecule has 2 heterocycles. The summed E-state index contributed by atoms with van der Waals surface area (Å²) in [4.78, 5) is 20.3. The monoisotopic (exact) mass is 568 g/mol. The number of aromatic amines is 1. The van der Waals surface area contributed by atoms with Crippen molar-refractivity contribution in [2.24, 2.45) is 0 Å². The minimum absolute atomic E-state index is 0.252. The van der Waals surface area contributed by atoms with Gasteiger partial charge in [0.15, 0.2) is 23.9 Å². The van der Waals surface area contributed by atoms with Gasteiger partial charge in [0.05, 0.1) is 32.6 Å². The van der Waals surface area contributed by atoms with Gasteiger partial charge in [0.1, 0.15) is 16.1 Å². The fourth-order valence-corrected chi connectivity index (χ4v) is 4.51. The fraction of sp³-hybridized carbons (Fsp3) is 0.207. The number of esters is 1. The zero-order chi connectivity index (χ0) is 27.8. The SMILES string of the molecule is COc1ccc([C@H](Cc2c(Cl)c[nH+]cc2Cl)OC(=O)c2ccc(CNc3cccnc3OC)cc2)cc1OC. The van der Waals surface area contributed by atoms with E-state index in [0.29, 0.717) is 50.7 Å². The minimum Gasteiger partial charge on any atom is -0.493 e. The van der Waals surface area contributed by atoms with Crippen LogP contribution in [0.15, 0.2) is 73.2 Å². The molecule has 2 aromatic carbocycles. The van der Waals surface area contributed by atoms with Crippen LogP contribution in [0.1, 0.15) is 33.2 Å². The number of nitrogens with zero attached hydrogens (tertiary/aromatic N) is 1. The van der Waals surface area contributed by atoms with E-state index in [1.165, 1.54) is 0 Å². The van der Waals surface area contributed by atoms with Crippen molar-refractivity contribution in [2.45, 2.75) is 19.1 Å². The average Bonchev–Trinajstić information content (AvgIpc) is 2.97. The lowest BCUT2D eigenvalue weighted by Crippen LogP contribution is -2.16. The molecule has 4 aromatic rings. The molecule has 0 amide bonds. The van der Waals surface area contributed by atoms with E-state index in [9.17, 15) is 4.79 Å². The van der Waals surface area contributed by atoms with Crippen LogP contribution >= 0.6 is 23.2 Å². The quantitative estimate of drug-likeness (QED) is 0.222. The third-order valence-electron chi connectivity index (χ3n) is 6.05. The van der Waals surface area contributed by atoms with Crippen molar-refractivity contribution in [1.29, 1.82) is 0 Å². The second-order valence-corrected chi connectivity index (χ2v) is 9.27. The third kappa shape index (κ3) is 6.90. The van der Waals surface area contributed by atoms with E-state index in [-0.39, 0.29) is 6.42 Å². The van der Waals surface area contributed by atoms with Gasteiger partial charge in [-0.05, 0) is 47.5 Å². The third-order valence-corrected chi connectivity index (χ3v) is 6.73. The van der Waals surface area contributed by atoms with Crippen LogP contribution in [0.5, 0.6) is 17.4 Å². The van der Waals surface area contributed by atoms with Gasteiger partial charge in [0.25, 0.3) is 0 Å². The summed E-state index contributed by atoms with van der Waals surface area (Å²) in [5.41, 5.74) is 3.50. The van der Waals surface area contributed by atoms with Crippen molar-refractivity contribution in [3.63, 3.8) is 0 Å². The Labute approximate surface area is 236 Å². The average molecular weight is 569 g/mol. The number of rotatable bonds is 11. The summed E-state index contributed by atoms with van der Waals surface area (Å²) in [5.74, 6) is 1.09. The molecule has 0 radical (unpaired) electrons. The van der Waals surface area contributed by atoms with Crippen molar-refractivity contribution in [2.75, 3.05) is 26.6 Å². The summed E-state index contributed by atoms with van der Waals surface area (Å²) >= 11 is 12.8. The van der Waals surface area contributed by atoms with Gasteiger partial charge in [0, 0.05) is 24.7 Å². The number of anilines is 1. The van der Waals surface area contributed by atoms with Crippen molar-refractivity contribution in [1.82, 2.24) is 4.98 Å². The standard InChI is InChI=1S/C29H27Cl2N3O5/c1-36-25-11-10-20(13-27(25)37-2)26(14-21-22(30)16-32-17-23(21)31)39-29(35)19-8-6-18(7-9-19)15-34-24-5-4-12-33-28(24)38-3/h4-13,16-17,26,34H,14-15H2,1-3H3/p+1/t26-/m0/s1. The molecule has 0 aliphatic heterocycles. The van der Waals surface area contributed by atoms with Gasteiger partial charge in [-0.25, -0.2) is 14.8 Å². The van der Waals surface area contributed by atoms with Crippen LogP contribution in [0.3, 0.4) is 0 Å². The molecule has 2 N–H and O–H groups in total. The van der Waals surface area contributed by atoms with Crippen LogP contribution in [0, 0.1) is 0 Å². The molecule has 2 aromatic heterocycles. The topological polar surface area (TPSA) is 93.1 Å². The predicted octanol–water partition coefficient (Wildman–Crippen LogP) is 5.98. The molecule has 0 aliphatic carbocycles. The number of benzene rings is 2. The van der Waals surface area contributed by atoms with Crippen LogP contribution in [0.2, 0.25) is 10.0 Å². The number of hydrogen-bond acceptors (Lipinski definition) is 7. The van der Waals surface area contributed by atoms with Crippen molar-refractivity contribution in [3.8, 4) is 17.4 Å². The summed E-state index contributed by atoms with van der Waals surface area (Å²) in [5, 5.41) is 4.16. The van der Waals surface area contributed by atoms with Gasteiger partial charge in [-0.15, -0.1) is 0 Å². The van der Waals surface area contributed by atoms with Gasteiger partial charge >= 0.3 is 5.97 Å². The Balaban J connectivity index is 1.54. The molecular weight excluding hydrogens is 541 g/mol. The summed E-state index contributed by atoms with van der Waals surface area (Å²) in [6.07, 6.45) is 4.48. The smallest absolute Gasteiger partial charge is 0.338 e. The maximum atomic E-state index is 13.2. The van der Waals surface area contributed by atoms with E-state index in [1.807, 2.05) is 30.3 Å². The summed E-state index contributed by atoms with van der Waals surface area (Å²) in [7, 11) is 4.67. The molecule has 39 heavy (non-hydrogen) atoms. The first-order valence-corrected chi connectivity index (χ1v) is 12.8. The molecule has 0 saturated heterocycles. The fourth-order valence-electron chi connectivity index (χ4n) is 3.98. The van der Waals surface area contributed by atoms with E-state index < -0.39 is 12.1 Å². The number of ether oxygens (including phenoxy) is 4. The molecule has 8 nitrogen and oxygen atoms in total. The van der Waals surface area contributed by atoms with Crippen LogP contribution in [0.25, 0.3) is 0 Å². The normalized spacial score (nSPS) is 11.4. The molecular formula is C29H28Cl2N3O5+. The first-order chi connectivity index (χ1) is 18.9. The summed E-state index contributed by atoms with van der Waals surface area (Å²) in [6.45, 7) is 0.521. The zero-order valence-electron chi connectivity index (χ0n) is 21.7. The van der Waals surface area contributed by atoms with Crippen LogP contribution < -0.4 is 24.5 Å². The van der Waals surface area contributed by atoms with Crippen molar-refractivity contribution in [3.05, 3.63) is 105 Å². The molecule has 1 atom stereocenters. The molecule has 0 bridgehead atoms. The largest absolute Gasteiger partial charge is 0.493 e. The lowest BCUT2D eigenvalue weighted by Gasteiger charge is -2.20. The summed E-state index contributed by atoms with van der Waals surface area (Å²) in [6, 6.07) is 16.2. The van der Waals surface area contributed by atoms with Crippen molar-refractivity contribution < 1.29 is 28.7 Å². The van der Waals surface area contributed by atoms with E-state index >= 15 is 0 Å². The minimum atomic E-state index is -0.700. The Kier molecular flexibility index (Phi) is 9.46. The Morgan fingerprint density at radius 2 is 1.67 bits per heavy atom. The zero-order valence-corrected chi connectivity index (χ0v) is 23.2. The number of pyridine rings is 2. The molecule has 10 heteroatoms. The summed E-state index contributed by atoms with van der Waals surface area (Å²) < 4.78 is 22.1. The van der Waals surface area contributed by atoms with E-state index in [0.717, 1.165) is 11.3 Å². The second-order valence-electron chi connectivity index (χ2n) is 8.45. The van der Waals surface area contributed by atoms with Gasteiger partial charge < -0.3 is 24.3 Å². The number of H-pyrrole nitrogens is 1. The molecule has 0 saturated carbocycles. The number of hydrogen-bond donors (Lipinski definition) is 1. The molecule has 0 spiro atoms. The second kappa shape index (κ2) is 13.2. The number of aromatic nitrogens is 2. The maximum Gasteiger partial charge on any atom is 0.338 e.